The van der Waals surface area contributed by atoms with Crippen LogP contribution in [0, 0.1) is 0 Å². The Bertz CT molecular complexity index is 866. The molecule has 25 heavy (non-hydrogen) atoms. The number of fused-ring (bicyclic) bond motifs is 1. The van der Waals surface area contributed by atoms with E-state index in [1.54, 1.807) is 0 Å². The molecule has 4 rings (SSSR count). The molecule has 1 N–H and O–H groups in total. The highest BCUT2D eigenvalue weighted by molar-refractivity contribution is 5.53. The highest BCUT2D eigenvalue weighted by atomic mass is 19.4. The van der Waals surface area contributed by atoms with Crippen molar-refractivity contribution in [2.24, 2.45) is 0 Å². The number of piperidine rings is 1. The number of alkyl halides is 3. The smallest absolute Gasteiger partial charge is 0.338 e. The van der Waals surface area contributed by atoms with Crippen LogP contribution in [0.3, 0.4) is 0 Å². The Morgan fingerprint density at radius 3 is 2.92 bits per heavy atom. The Morgan fingerprint density at radius 1 is 1.24 bits per heavy atom. The Labute approximate surface area is 142 Å². The van der Waals surface area contributed by atoms with Gasteiger partial charge in [-0.25, -0.2) is 9.50 Å². The van der Waals surface area contributed by atoms with E-state index >= 15 is 0 Å². The summed E-state index contributed by atoms with van der Waals surface area (Å²) in [6, 6.07) is 5.92. The van der Waals surface area contributed by atoms with Crippen LogP contribution in [0.15, 0.2) is 36.8 Å². The SMILES string of the molecule is FC(F)(F)c1cnc(C2CCCN(Cc3cnn4ccccc34)C2)[nH]1. The maximum Gasteiger partial charge on any atom is 0.432 e. The first-order valence-corrected chi connectivity index (χ1v) is 8.26. The highest BCUT2D eigenvalue weighted by Crippen LogP contribution is 2.31. The van der Waals surface area contributed by atoms with Gasteiger partial charge in [0.1, 0.15) is 11.5 Å². The normalized spacial score (nSPS) is 19.6. The van der Waals surface area contributed by atoms with Gasteiger partial charge in [-0.2, -0.15) is 18.3 Å². The second kappa shape index (κ2) is 6.18. The number of H-pyrrole nitrogens is 1. The second-order valence-corrected chi connectivity index (χ2v) is 6.45. The van der Waals surface area contributed by atoms with Gasteiger partial charge in [0.05, 0.1) is 17.9 Å². The molecule has 0 amide bonds. The summed E-state index contributed by atoms with van der Waals surface area (Å²) in [7, 11) is 0. The minimum absolute atomic E-state index is 0.00770. The molecular formula is C17H18F3N5. The number of aromatic nitrogens is 4. The van der Waals surface area contributed by atoms with E-state index in [2.05, 4.69) is 20.0 Å². The number of nitrogens with zero attached hydrogens (tertiary/aromatic N) is 4. The summed E-state index contributed by atoms with van der Waals surface area (Å²) >= 11 is 0. The first kappa shape index (κ1) is 16.1. The highest BCUT2D eigenvalue weighted by Gasteiger charge is 2.34. The molecule has 0 saturated carbocycles. The Balaban J connectivity index is 1.48. The van der Waals surface area contributed by atoms with Crippen LogP contribution in [0.1, 0.15) is 35.8 Å². The van der Waals surface area contributed by atoms with Crippen molar-refractivity contribution in [2.45, 2.75) is 31.5 Å². The fraction of sp³-hybridized carbons (Fsp3) is 0.412. The Kier molecular flexibility index (Phi) is 3.99. The zero-order valence-corrected chi connectivity index (χ0v) is 13.5. The van der Waals surface area contributed by atoms with Gasteiger partial charge in [-0.1, -0.05) is 6.07 Å². The van der Waals surface area contributed by atoms with Gasteiger partial charge in [0, 0.05) is 30.8 Å². The van der Waals surface area contributed by atoms with E-state index in [0.29, 0.717) is 12.4 Å². The molecule has 0 spiro atoms. The van der Waals surface area contributed by atoms with Crippen LogP contribution < -0.4 is 0 Å². The summed E-state index contributed by atoms with van der Waals surface area (Å²) in [5.74, 6) is 0.420. The zero-order valence-electron chi connectivity index (χ0n) is 13.5. The lowest BCUT2D eigenvalue weighted by Gasteiger charge is -2.31. The van der Waals surface area contributed by atoms with Gasteiger partial charge < -0.3 is 4.98 Å². The third kappa shape index (κ3) is 3.26. The first-order chi connectivity index (χ1) is 12.0. The van der Waals surface area contributed by atoms with Gasteiger partial charge in [-0.05, 0) is 31.5 Å². The van der Waals surface area contributed by atoms with Crippen LogP contribution >= 0.6 is 0 Å². The number of likely N-dealkylation sites (tertiary alicyclic amines) is 1. The van der Waals surface area contributed by atoms with Crippen molar-refractivity contribution in [3.05, 3.63) is 53.9 Å². The molecule has 8 heteroatoms. The summed E-state index contributed by atoms with van der Waals surface area (Å²) in [6.07, 6.45) is 2.05. The first-order valence-electron chi connectivity index (χ1n) is 8.26. The predicted octanol–water partition coefficient (Wildman–Crippen LogP) is 3.46. The van der Waals surface area contributed by atoms with Crippen LogP contribution in [0.4, 0.5) is 13.2 Å². The van der Waals surface area contributed by atoms with Gasteiger partial charge in [0.25, 0.3) is 0 Å². The standard InChI is InChI=1S/C17H18F3N5/c18-17(19,20)15-9-21-16(23-15)12-4-3-6-24(10-12)11-13-8-22-25-7-2-1-5-14(13)25/h1-2,5,7-9,12H,3-4,6,10-11H2,(H,21,23). The van der Waals surface area contributed by atoms with Gasteiger partial charge in [0.2, 0.25) is 0 Å². The molecular weight excluding hydrogens is 331 g/mol. The van der Waals surface area contributed by atoms with Gasteiger partial charge >= 0.3 is 6.18 Å². The van der Waals surface area contributed by atoms with E-state index in [9.17, 15) is 13.2 Å². The average Bonchev–Trinajstić information content (AvgIpc) is 3.23. The maximum atomic E-state index is 12.8. The zero-order chi connectivity index (χ0) is 17.4. The summed E-state index contributed by atoms with van der Waals surface area (Å²) in [4.78, 5) is 8.68. The monoisotopic (exact) mass is 349 g/mol. The van der Waals surface area contributed by atoms with Crippen molar-refractivity contribution < 1.29 is 13.2 Å². The lowest BCUT2D eigenvalue weighted by atomic mass is 9.97. The molecule has 1 fully saturated rings. The van der Waals surface area contributed by atoms with Crippen LogP contribution in [0.25, 0.3) is 5.52 Å². The summed E-state index contributed by atoms with van der Waals surface area (Å²) in [6.45, 7) is 2.35. The number of hydrogen-bond donors (Lipinski definition) is 1. The molecule has 1 saturated heterocycles. The molecule has 1 aliphatic heterocycles. The topological polar surface area (TPSA) is 49.2 Å². The molecule has 0 bridgehead atoms. The van der Waals surface area contributed by atoms with Crippen molar-refractivity contribution in [1.82, 2.24) is 24.5 Å². The average molecular weight is 349 g/mol. The second-order valence-electron chi connectivity index (χ2n) is 6.45. The molecule has 5 nitrogen and oxygen atoms in total. The number of hydrogen-bond acceptors (Lipinski definition) is 3. The minimum Gasteiger partial charge on any atom is -0.338 e. The minimum atomic E-state index is -4.38. The lowest BCUT2D eigenvalue weighted by Crippen LogP contribution is -2.34. The number of imidazole rings is 1. The number of pyridine rings is 1. The van der Waals surface area contributed by atoms with E-state index in [4.69, 9.17) is 0 Å². The van der Waals surface area contributed by atoms with Crippen molar-refractivity contribution in [3.63, 3.8) is 0 Å². The lowest BCUT2D eigenvalue weighted by molar-refractivity contribution is -0.141. The maximum absolute atomic E-state index is 12.8. The van der Waals surface area contributed by atoms with Crippen molar-refractivity contribution in [3.8, 4) is 0 Å². The summed E-state index contributed by atoms with van der Waals surface area (Å²) in [5, 5.41) is 4.34. The van der Waals surface area contributed by atoms with Crippen LogP contribution in [0.5, 0.6) is 0 Å². The van der Waals surface area contributed by atoms with Crippen molar-refractivity contribution >= 4 is 5.52 Å². The molecule has 132 valence electrons. The number of rotatable bonds is 3. The van der Waals surface area contributed by atoms with Gasteiger partial charge in [0.15, 0.2) is 0 Å². The van der Waals surface area contributed by atoms with Gasteiger partial charge in [-0.3, -0.25) is 4.90 Å². The van der Waals surface area contributed by atoms with Crippen molar-refractivity contribution in [2.75, 3.05) is 13.1 Å². The summed E-state index contributed by atoms with van der Waals surface area (Å²) in [5.41, 5.74) is 1.40. The van der Waals surface area contributed by atoms with Crippen LogP contribution in [-0.4, -0.2) is 37.6 Å². The Morgan fingerprint density at radius 2 is 2.12 bits per heavy atom. The molecule has 4 heterocycles. The molecule has 1 atom stereocenters. The number of nitrogens with one attached hydrogen (secondary N) is 1. The predicted molar refractivity (Wildman–Crippen MR) is 86.0 cm³/mol. The van der Waals surface area contributed by atoms with Crippen molar-refractivity contribution in [1.29, 1.82) is 0 Å². The Hall–Kier alpha value is -2.35. The molecule has 0 aliphatic carbocycles. The van der Waals surface area contributed by atoms with Crippen LogP contribution in [0.2, 0.25) is 0 Å². The molecule has 3 aromatic rings. The molecule has 3 aromatic heterocycles. The molecule has 1 aliphatic rings. The third-order valence-corrected chi connectivity index (χ3v) is 4.69. The fourth-order valence-electron chi connectivity index (χ4n) is 3.46. The van der Waals surface area contributed by atoms with E-state index in [0.717, 1.165) is 43.2 Å². The molecule has 0 radical (unpaired) electrons. The number of halogens is 3. The van der Waals surface area contributed by atoms with Gasteiger partial charge in [-0.15, -0.1) is 0 Å². The number of aromatic amines is 1. The van der Waals surface area contributed by atoms with E-state index in [1.165, 1.54) is 0 Å². The quantitative estimate of drug-likeness (QED) is 0.788. The van der Waals surface area contributed by atoms with E-state index in [1.807, 2.05) is 35.1 Å². The third-order valence-electron chi connectivity index (χ3n) is 4.69. The molecule has 0 aromatic carbocycles. The van der Waals surface area contributed by atoms with E-state index in [-0.39, 0.29) is 5.92 Å². The van der Waals surface area contributed by atoms with E-state index < -0.39 is 11.9 Å². The summed E-state index contributed by atoms with van der Waals surface area (Å²) < 4.78 is 40.1. The van der Waals surface area contributed by atoms with Crippen LogP contribution in [-0.2, 0) is 12.7 Å². The molecule has 1 unspecified atom stereocenters. The fourth-order valence-corrected chi connectivity index (χ4v) is 3.46. The largest absolute Gasteiger partial charge is 0.432 e.